The van der Waals surface area contributed by atoms with E-state index in [0.29, 0.717) is 62.8 Å². The van der Waals surface area contributed by atoms with E-state index >= 15 is 0 Å². The number of benzene rings is 1. The van der Waals surface area contributed by atoms with Gasteiger partial charge < -0.3 is 24.2 Å². The highest BCUT2D eigenvalue weighted by atomic mass is 35.5. The maximum atomic E-state index is 14.7. The third kappa shape index (κ3) is 7.82. The fourth-order valence-corrected chi connectivity index (χ4v) is 10.1. The second-order valence-electron chi connectivity index (χ2n) is 17.6. The number of hydrogen-bond acceptors (Lipinski definition) is 10. The van der Waals surface area contributed by atoms with Gasteiger partial charge in [0.05, 0.1) is 48.7 Å². The van der Waals surface area contributed by atoms with Crippen molar-refractivity contribution in [3.8, 4) is 22.2 Å². The maximum Gasteiger partial charge on any atom is 0.310 e. The Labute approximate surface area is 331 Å². The van der Waals surface area contributed by atoms with Gasteiger partial charge in [-0.1, -0.05) is 59.6 Å². The summed E-state index contributed by atoms with van der Waals surface area (Å²) in [5.41, 5.74) is 0.179. The number of Topliss-reactive ketones (excluding diaryl/α,β-unsaturated/α-hetero) is 1. The number of amides is 1. The van der Waals surface area contributed by atoms with Crippen molar-refractivity contribution in [2.75, 3.05) is 13.7 Å². The van der Waals surface area contributed by atoms with Crippen molar-refractivity contribution < 1.29 is 38.5 Å². The zero-order chi connectivity index (χ0) is 39.6. The maximum absolute atomic E-state index is 14.7. The highest BCUT2D eigenvalue weighted by molar-refractivity contribution is 7.13. The van der Waals surface area contributed by atoms with E-state index in [0.717, 1.165) is 18.5 Å². The number of likely N-dealkylation sites (tertiary alicyclic amines) is 1. The van der Waals surface area contributed by atoms with E-state index in [1.165, 1.54) is 29.8 Å². The van der Waals surface area contributed by atoms with Gasteiger partial charge in [-0.05, 0) is 66.9 Å². The number of methoxy groups -OCH3 is 1. The first-order valence-electron chi connectivity index (χ1n) is 19.6. The topological polar surface area (TPSA) is 145 Å². The van der Waals surface area contributed by atoms with E-state index in [1.54, 1.807) is 6.07 Å². The van der Waals surface area contributed by atoms with Crippen LogP contribution in [0.4, 0.5) is 0 Å². The van der Waals surface area contributed by atoms with E-state index in [1.807, 2.05) is 45.2 Å². The molecule has 1 amide bonds. The Bertz CT molecular complexity index is 2000. The van der Waals surface area contributed by atoms with Gasteiger partial charge in [0.2, 0.25) is 5.91 Å². The van der Waals surface area contributed by atoms with Gasteiger partial charge >= 0.3 is 11.9 Å². The molecule has 3 saturated carbocycles. The number of pyridine rings is 1. The fraction of sp³-hybridized carbons (Fsp3) is 0.619. The third-order valence-electron chi connectivity index (χ3n) is 12.5. The Morgan fingerprint density at radius 3 is 2.38 bits per heavy atom. The minimum Gasteiger partial charge on any atom is -0.495 e. The summed E-state index contributed by atoms with van der Waals surface area (Å²) >= 11 is 8.30. The number of carbonyl (C=O) groups is 4. The molecule has 8 atom stereocenters. The number of aliphatic carboxylic acids is 1. The van der Waals surface area contributed by atoms with Crippen molar-refractivity contribution in [3.05, 3.63) is 34.3 Å². The molecular weight excluding hydrogens is 742 g/mol. The molecule has 55 heavy (non-hydrogen) atoms. The molecule has 3 heterocycles. The molecule has 4 aliphatic rings. The lowest BCUT2D eigenvalue weighted by atomic mass is 9.77. The highest BCUT2D eigenvalue weighted by Gasteiger charge is 2.61. The number of nitrogens with zero attached hydrogens (tertiary/aromatic N) is 3. The van der Waals surface area contributed by atoms with Crippen molar-refractivity contribution in [1.29, 1.82) is 0 Å². The predicted octanol–water partition coefficient (Wildman–Crippen LogP) is 8.35. The number of ether oxygens (including phenoxy) is 3. The summed E-state index contributed by atoms with van der Waals surface area (Å²) in [6, 6.07) is 4.44. The monoisotopic (exact) mass is 793 g/mol. The highest BCUT2D eigenvalue weighted by Crippen LogP contribution is 2.58. The zero-order valence-corrected chi connectivity index (χ0v) is 34.3. The summed E-state index contributed by atoms with van der Waals surface area (Å²) < 4.78 is 18.1. The van der Waals surface area contributed by atoms with Crippen LogP contribution in [0.15, 0.2) is 23.6 Å². The van der Waals surface area contributed by atoms with Crippen LogP contribution < -0.4 is 9.47 Å². The van der Waals surface area contributed by atoms with E-state index in [2.05, 4.69) is 13.8 Å². The number of fused-ring (bicyclic) bond motifs is 2. The van der Waals surface area contributed by atoms with Crippen LogP contribution in [-0.4, -0.2) is 75.5 Å². The zero-order valence-electron chi connectivity index (χ0n) is 32.7. The number of thiazole rings is 1. The van der Waals surface area contributed by atoms with Crippen molar-refractivity contribution >= 4 is 57.5 Å². The Morgan fingerprint density at radius 1 is 1.05 bits per heavy atom. The normalized spacial score (nSPS) is 27.5. The quantitative estimate of drug-likeness (QED) is 0.158. The van der Waals surface area contributed by atoms with Crippen LogP contribution >= 0.6 is 22.9 Å². The van der Waals surface area contributed by atoms with Gasteiger partial charge in [-0.25, -0.2) is 9.97 Å². The standard InChI is InChI=1S/C42H52ClN3O8S/c1-8-24-17-42(24,40(50)51)18-32(47)31-14-26(19-46(31)39(49)28(41(4,5)6)15-35(48)54-25-12-22-11-23(22)13-25)53-34-16-29(38-45-30(20-55-38)21(2)3)44-37-27(34)9-10-33(52-7)36(37)43/h9-10,16,20-26,28,31H,8,11-15,17-19H2,1-7H3,(H,50,51)/t22-,23+,24?,25?,26?,28-,31+,42-/m1/s1. The van der Waals surface area contributed by atoms with Gasteiger partial charge in [0.25, 0.3) is 0 Å². The van der Waals surface area contributed by atoms with E-state index in [9.17, 15) is 24.3 Å². The van der Waals surface area contributed by atoms with Crippen LogP contribution in [0.1, 0.15) is 105 Å². The van der Waals surface area contributed by atoms with Crippen LogP contribution in [-0.2, 0) is 23.9 Å². The van der Waals surface area contributed by atoms with Gasteiger partial charge in [0, 0.05) is 29.7 Å². The second kappa shape index (κ2) is 15.0. The fourth-order valence-electron chi connectivity index (χ4n) is 8.87. The third-order valence-corrected chi connectivity index (χ3v) is 13.7. The molecule has 0 spiro atoms. The Hall–Kier alpha value is -3.77. The van der Waals surface area contributed by atoms with Gasteiger partial charge in [-0.3, -0.25) is 19.2 Å². The van der Waals surface area contributed by atoms with Gasteiger partial charge in [-0.2, -0.15) is 0 Å². The molecule has 3 aliphatic carbocycles. The minimum atomic E-state index is -1.14. The number of esters is 1. The molecule has 0 bridgehead atoms. The minimum absolute atomic E-state index is 0.0674. The summed E-state index contributed by atoms with van der Waals surface area (Å²) in [5, 5.41) is 13.8. The first-order valence-corrected chi connectivity index (χ1v) is 20.8. The van der Waals surface area contributed by atoms with Crippen molar-refractivity contribution in [1.82, 2.24) is 14.9 Å². The number of ketones is 1. The second-order valence-corrected chi connectivity index (χ2v) is 18.8. The first-order chi connectivity index (χ1) is 26.0. The Morgan fingerprint density at radius 2 is 1.78 bits per heavy atom. The van der Waals surface area contributed by atoms with Crippen LogP contribution in [0.5, 0.6) is 11.5 Å². The molecule has 11 nitrogen and oxygen atoms in total. The summed E-state index contributed by atoms with van der Waals surface area (Å²) in [4.78, 5) is 66.2. The largest absolute Gasteiger partial charge is 0.495 e. The molecule has 1 aliphatic heterocycles. The molecule has 1 N–H and O–H groups in total. The first kappa shape index (κ1) is 39.5. The van der Waals surface area contributed by atoms with Crippen LogP contribution in [0, 0.1) is 34.5 Å². The Balaban J connectivity index is 1.20. The molecule has 3 aromatic rings. The Kier molecular flexibility index (Phi) is 10.7. The number of carboxylic acid groups (broad SMARTS) is 1. The molecule has 7 rings (SSSR count). The van der Waals surface area contributed by atoms with Crippen LogP contribution in [0.25, 0.3) is 21.6 Å². The van der Waals surface area contributed by atoms with Crippen LogP contribution in [0.3, 0.4) is 0 Å². The number of aromatic nitrogens is 2. The van der Waals surface area contributed by atoms with Crippen molar-refractivity contribution in [3.63, 3.8) is 0 Å². The average molecular weight is 794 g/mol. The summed E-state index contributed by atoms with van der Waals surface area (Å²) in [6.07, 6.45) is 3.15. The number of carboxylic acids is 1. The molecule has 4 fully saturated rings. The van der Waals surface area contributed by atoms with Gasteiger partial charge in [0.1, 0.15) is 39.4 Å². The number of carbonyl (C=O) groups excluding carboxylic acids is 3. The lowest BCUT2D eigenvalue weighted by Gasteiger charge is -2.35. The molecule has 3 unspecified atom stereocenters. The summed E-state index contributed by atoms with van der Waals surface area (Å²) in [5.74, 6) is -0.509. The van der Waals surface area contributed by atoms with E-state index in [-0.39, 0.29) is 55.4 Å². The number of halogens is 1. The van der Waals surface area contributed by atoms with Gasteiger partial charge in [0.15, 0.2) is 5.78 Å². The van der Waals surface area contributed by atoms with Crippen molar-refractivity contribution in [2.45, 2.75) is 117 Å². The molecule has 2 aromatic heterocycles. The van der Waals surface area contributed by atoms with Crippen LogP contribution in [0.2, 0.25) is 5.02 Å². The molecule has 1 saturated heterocycles. The predicted molar refractivity (Wildman–Crippen MR) is 209 cm³/mol. The molecule has 1 aromatic carbocycles. The average Bonchev–Trinajstić information content (AvgIpc) is 3.77. The SMILES string of the molecule is CCC1C[C@]1(CC(=O)[C@@H]1CC(Oc2cc(-c3nc(C(C)C)cs3)nc3c(Cl)c(OC)ccc23)CN1C(=O)[C@@H](CC(=O)OC1C[C@@H]2C[C@@H]2C1)C(C)(C)C)C(=O)O. The summed E-state index contributed by atoms with van der Waals surface area (Å²) in [7, 11) is 1.53. The summed E-state index contributed by atoms with van der Waals surface area (Å²) in [6.45, 7) is 11.9. The van der Waals surface area contributed by atoms with Crippen molar-refractivity contribution in [2.24, 2.45) is 34.5 Å². The smallest absolute Gasteiger partial charge is 0.310 e. The molecule has 0 radical (unpaired) electrons. The van der Waals surface area contributed by atoms with Gasteiger partial charge in [-0.15, -0.1) is 11.3 Å². The lowest BCUT2D eigenvalue weighted by Crippen LogP contribution is -2.48. The molecule has 13 heteroatoms. The number of rotatable bonds is 14. The molecular formula is C42H52ClN3O8S. The van der Waals surface area contributed by atoms with E-state index in [4.69, 9.17) is 35.8 Å². The molecule has 296 valence electrons. The lowest BCUT2D eigenvalue weighted by molar-refractivity contribution is -0.157. The number of hydrogen-bond donors (Lipinski definition) is 1. The van der Waals surface area contributed by atoms with E-state index < -0.39 is 40.8 Å².